The molecule has 1 heterocycles. The number of hydrogen-bond acceptors (Lipinski definition) is 4. The molecule has 1 rings (SSSR count). The Morgan fingerprint density at radius 2 is 2.12 bits per heavy atom. The van der Waals surface area contributed by atoms with E-state index in [1.807, 2.05) is 6.92 Å². The van der Waals surface area contributed by atoms with Crippen molar-refractivity contribution in [3.63, 3.8) is 0 Å². The molecule has 2 atom stereocenters. The molecule has 0 radical (unpaired) electrons. The molecule has 1 aliphatic rings. The number of hydrogen-bond donors (Lipinski definition) is 1. The van der Waals surface area contributed by atoms with E-state index in [0.29, 0.717) is 12.8 Å². The van der Waals surface area contributed by atoms with Gasteiger partial charge in [0.2, 0.25) is 5.91 Å². The molecule has 0 aromatic rings. The third-order valence-corrected chi connectivity index (χ3v) is 5.05. The Balaban J connectivity index is 2.73. The first kappa shape index (κ1) is 13.4. The second-order valence-corrected chi connectivity index (χ2v) is 6.97. The highest BCUT2D eigenvalue weighted by atomic mass is 32.2. The van der Waals surface area contributed by atoms with Crippen molar-refractivity contribution in [2.45, 2.75) is 38.3 Å². The maximum absolute atomic E-state index is 12.0. The summed E-state index contributed by atoms with van der Waals surface area (Å²) in [6.45, 7) is 3.52. The molecule has 1 aliphatic heterocycles. The monoisotopic (exact) mass is 248 g/mol. The van der Waals surface area contributed by atoms with Crippen LogP contribution < -0.4 is 5.73 Å². The van der Waals surface area contributed by atoms with Crippen LogP contribution >= 0.6 is 0 Å². The Morgan fingerprint density at radius 1 is 1.56 bits per heavy atom. The molecule has 16 heavy (non-hydrogen) atoms. The van der Waals surface area contributed by atoms with Gasteiger partial charge in [-0.05, 0) is 19.8 Å². The molecule has 5 nitrogen and oxygen atoms in total. The van der Waals surface area contributed by atoms with Gasteiger partial charge in [0.15, 0.2) is 9.84 Å². The number of sulfone groups is 1. The summed E-state index contributed by atoms with van der Waals surface area (Å²) in [5.74, 6) is 0.0506. The largest absolute Gasteiger partial charge is 0.340 e. The number of likely N-dealkylation sites (N-methyl/N-ethyl adjacent to an activating group) is 1. The Hall–Kier alpha value is -0.620. The highest BCUT2D eigenvalue weighted by Gasteiger charge is 2.37. The molecule has 1 amide bonds. The second kappa shape index (κ2) is 4.33. The second-order valence-electron chi connectivity index (χ2n) is 4.74. The standard InChI is InChI=1S/C10H20N2O3S/c1-4-10(2,11)9(13)12(3)8-5-6-16(14,15)7-8/h8H,4-7,11H2,1-3H3. The predicted molar refractivity (Wildman–Crippen MR) is 62.7 cm³/mol. The molecule has 2 unspecified atom stereocenters. The summed E-state index contributed by atoms with van der Waals surface area (Å²) in [6.07, 6.45) is 1.06. The van der Waals surface area contributed by atoms with Crippen molar-refractivity contribution in [1.82, 2.24) is 4.90 Å². The first-order valence-electron chi connectivity index (χ1n) is 5.46. The van der Waals surface area contributed by atoms with E-state index in [9.17, 15) is 13.2 Å². The molecular formula is C10H20N2O3S. The zero-order valence-corrected chi connectivity index (χ0v) is 10.9. The van der Waals surface area contributed by atoms with Crippen LogP contribution in [-0.4, -0.2) is 49.4 Å². The zero-order chi connectivity index (χ0) is 12.6. The van der Waals surface area contributed by atoms with Crippen LogP contribution in [0.2, 0.25) is 0 Å². The van der Waals surface area contributed by atoms with Crippen LogP contribution in [0.1, 0.15) is 26.7 Å². The van der Waals surface area contributed by atoms with Gasteiger partial charge in [-0.3, -0.25) is 4.79 Å². The smallest absolute Gasteiger partial charge is 0.242 e. The fourth-order valence-electron chi connectivity index (χ4n) is 1.80. The lowest BCUT2D eigenvalue weighted by Gasteiger charge is -2.31. The number of carbonyl (C=O) groups excluding carboxylic acids is 1. The molecule has 0 aromatic heterocycles. The van der Waals surface area contributed by atoms with E-state index in [4.69, 9.17) is 5.73 Å². The van der Waals surface area contributed by atoms with Crippen LogP contribution in [0, 0.1) is 0 Å². The topological polar surface area (TPSA) is 80.5 Å². The summed E-state index contributed by atoms with van der Waals surface area (Å²) in [4.78, 5) is 13.5. The number of nitrogens with two attached hydrogens (primary N) is 1. The molecule has 0 spiro atoms. The van der Waals surface area contributed by atoms with Crippen LogP contribution in [0.4, 0.5) is 0 Å². The fraction of sp³-hybridized carbons (Fsp3) is 0.900. The number of amides is 1. The molecule has 0 aromatic carbocycles. The van der Waals surface area contributed by atoms with Crippen LogP contribution in [0.25, 0.3) is 0 Å². The van der Waals surface area contributed by atoms with Gasteiger partial charge in [-0.25, -0.2) is 8.42 Å². The minimum Gasteiger partial charge on any atom is -0.340 e. The van der Waals surface area contributed by atoms with E-state index >= 15 is 0 Å². The number of nitrogens with zero attached hydrogens (tertiary/aromatic N) is 1. The summed E-state index contributed by atoms with van der Waals surface area (Å²) in [5.41, 5.74) is 4.95. The van der Waals surface area contributed by atoms with Crippen LogP contribution in [-0.2, 0) is 14.6 Å². The molecule has 1 fully saturated rings. The first-order chi connectivity index (χ1) is 7.19. The molecular weight excluding hydrogens is 228 g/mol. The van der Waals surface area contributed by atoms with Gasteiger partial charge in [-0.1, -0.05) is 6.92 Å². The van der Waals surface area contributed by atoms with Crippen molar-refractivity contribution in [2.75, 3.05) is 18.6 Å². The van der Waals surface area contributed by atoms with Gasteiger partial charge in [0.1, 0.15) is 0 Å². The van der Waals surface area contributed by atoms with Crippen molar-refractivity contribution in [3.8, 4) is 0 Å². The van der Waals surface area contributed by atoms with Gasteiger partial charge in [-0.15, -0.1) is 0 Å². The Labute approximate surface area is 96.9 Å². The third kappa shape index (κ3) is 2.74. The van der Waals surface area contributed by atoms with Crippen molar-refractivity contribution in [2.24, 2.45) is 5.73 Å². The van der Waals surface area contributed by atoms with Crippen LogP contribution in [0.3, 0.4) is 0 Å². The van der Waals surface area contributed by atoms with Gasteiger partial charge in [0, 0.05) is 13.1 Å². The fourth-order valence-corrected chi connectivity index (χ4v) is 3.58. The van der Waals surface area contributed by atoms with Gasteiger partial charge in [-0.2, -0.15) is 0 Å². The quantitative estimate of drug-likeness (QED) is 0.747. The SMILES string of the molecule is CCC(C)(N)C(=O)N(C)C1CCS(=O)(=O)C1. The van der Waals surface area contributed by atoms with Gasteiger partial charge in [0.25, 0.3) is 0 Å². The average molecular weight is 248 g/mol. The number of carbonyl (C=O) groups is 1. The summed E-state index contributed by atoms with van der Waals surface area (Å²) < 4.78 is 22.6. The van der Waals surface area contributed by atoms with Crippen molar-refractivity contribution >= 4 is 15.7 Å². The average Bonchev–Trinajstić information content (AvgIpc) is 2.56. The summed E-state index contributed by atoms with van der Waals surface area (Å²) in [6, 6.07) is -0.216. The van der Waals surface area contributed by atoms with Gasteiger partial charge >= 0.3 is 0 Å². The Kier molecular flexibility index (Phi) is 3.64. The highest BCUT2D eigenvalue weighted by Crippen LogP contribution is 2.19. The molecule has 2 N–H and O–H groups in total. The molecule has 0 saturated carbocycles. The van der Waals surface area contributed by atoms with E-state index in [1.165, 1.54) is 4.90 Å². The molecule has 0 bridgehead atoms. The van der Waals surface area contributed by atoms with E-state index < -0.39 is 15.4 Å². The molecule has 1 saturated heterocycles. The third-order valence-electron chi connectivity index (χ3n) is 3.30. The Bertz CT molecular complexity index is 376. The summed E-state index contributed by atoms with van der Waals surface area (Å²) in [7, 11) is -1.33. The van der Waals surface area contributed by atoms with Crippen LogP contribution in [0.5, 0.6) is 0 Å². The lowest BCUT2D eigenvalue weighted by molar-refractivity contribution is -0.136. The van der Waals surface area contributed by atoms with E-state index in [-0.39, 0.29) is 23.5 Å². The van der Waals surface area contributed by atoms with E-state index in [1.54, 1.807) is 14.0 Å². The minimum atomic E-state index is -2.96. The first-order valence-corrected chi connectivity index (χ1v) is 7.28. The maximum atomic E-state index is 12.0. The van der Waals surface area contributed by atoms with Gasteiger partial charge in [0.05, 0.1) is 17.0 Å². The maximum Gasteiger partial charge on any atom is 0.242 e. The molecule has 94 valence electrons. The van der Waals surface area contributed by atoms with Gasteiger partial charge < -0.3 is 10.6 Å². The van der Waals surface area contributed by atoms with Crippen LogP contribution in [0.15, 0.2) is 0 Å². The van der Waals surface area contributed by atoms with Crippen molar-refractivity contribution in [1.29, 1.82) is 0 Å². The minimum absolute atomic E-state index is 0.0645. The van der Waals surface area contributed by atoms with Crippen molar-refractivity contribution in [3.05, 3.63) is 0 Å². The molecule has 6 heteroatoms. The lowest BCUT2D eigenvalue weighted by atomic mass is 9.98. The van der Waals surface area contributed by atoms with E-state index in [2.05, 4.69) is 0 Å². The van der Waals surface area contributed by atoms with E-state index in [0.717, 1.165) is 0 Å². The lowest BCUT2D eigenvalue weighted by Crippen LogP contribution is -2.54. The number of rotatable bonds is 3. The summed E-state index contributed by atoms with van der Waals surface area (Å²) in [5, 5.41) is 0. The molecule has 0 aliphatic carbocycles. The summed E-state index contributed by atoms with van der Waals surface area (Å²) >= 11 is 0. The zero-order valence-electron chi connectivity index (χ0n) is 10.1. The normalized spacial score (nSPS) is 27.4. The highest BCUT2D eigenvalue weighted by molar-refractivity contribution is 7.91. The predicted octanol–water partition coefficient (Wildman–Crippen LogP) is -0.241. The van der Waals surface area contributed by atoms with Crippen molar-refractivity contribution < 1.29 is 13.2 Å². The Morgan fingerprint density at radius 3 is 2.50 bits per heavy atom.